The zero-order valence-electron chi connectivity index (χ0n) is 16.5. The summed E-state index contributed by atoms with van der Waals surface area (Å²) in [5.41, 5.74) is 2.05. The number of halogens is 1. The molecule has 1 saturated heterocycles. The Bertz CT molecular complexity index is 1010. The first-order chi connectivity index (χ1) is 14.3. The molecule has 0 bridgehead atoms. The molecule has 1 heterocycles. The lowest BCUT2D eigenvalue weighted by atomic mass is 10.1. The molecule has 1 aliphatic heterocycles. The Kier molecular flexibility index (Phi) is 7.12. The van der Waals surface area contributed by atoms with Gasteiger partial charge in [0, 0.05) is 18.1 Å². The minimum absolute atomic E-state index is 0.0578. The predicted molar refractivity (Wildman–Crippen MR) is 112 cm³/mol. The molecule has 2 aromatic carbocycles. The largest absolute Gasteiger partial charge is 0.454 e. The van der Waals surface area contributed by atoms with Crippen molar-refractivity contribution in [2.75, 3.05) is 13.2 Å². The topological polar surface area (TPSA) is 92.8 Å². The fourth-order valence-electron chi connectivity index (χ4n) is 3.20. The lowest BCUT2D eigenvalue weighted by Crippen LogP contribution is -2.42. The van der Waals surface area contributed by atoms with E-state index in [4.69, 9.17) is 16.3 Å². The maximum absolute atomic E-state index is 12.9. The van der Waals surface area contributed by atoms with Gasteiger partial charge in [-0.1, -0.05) is 41.4 Å². The molecule has 1 fully saturated rings. The number of carbonyl (C=O) groups excluding carboxylic acids is 2. The van der Waals surface area contributed by atoms with Crippen LogP contribution in [0.1, 0.15) is 24.0 Å². The van der Waals surface area contributed by atoms with E-state index in [0.717, 1.165) is 15.4 Å². The second-order valence-corrected chi connectivity index (χ2v) is 9.42. The Morgan fingerprint density at radius 3 is 2.47 bits per heavy atom. The number of ether oxygens (including phenoxy) is 1. The van der Waals surface area contributed by atoms with E-state index in [-0.39, 0.29) is 11.4 Å². The zero-order valence-corrected chi connectivity index (χ0v) is 18.1. The van der Waals surface area contributed by atoms with Crippen LogP contribution in [-0.4, -0.2) is 43.8 Å². The summed E-state index contributed by atoms with van der Waals surface area (Å²) in [4.78, 5) is 24.5. The molecule has 0 aromatic heterocycles. The molecule has 160 valence electrons. The molecule has 3 rings (SSSR count). The van der Waals surface area contributed by atoms with Gasteiger partial charge in [0.2, 0.25) is 10.0 Å². The van der Waals surface area contributed by atoms with Gasteiger partial charge in [-0.2, -0.15) is 4.31 Å². The molecular formula is C21H23ClN2O5S. The van der Waals surface area contributed by atoms with Gasteiger partial charge in [0.15, 0.2) is 6.61 Å². The molecule has 0 aliphatic carbocycles. The summed E-state index contributed by atoms with van der Waals surface area (Å²) >= 11 is 5.82. The normalized spacial score (nSPS) is 16.9. The minimum Gasteiger partial charge on any atom is -0.454 e. The first kappa shape index (κ1) is 22.3. The molecule has 2 aromatic rings. The molecule has 0 saturated carbocycles. The summed E-state index contributed by atoms with van der Waals surface area (Å²) in [7, 11) is -3.86. The standard InChI is InChI=1S/C21H23ClN2O5S/c1-15-4-6-16(7-5-15)13-23-20(25)14-29-21(26)19-3-2-12-24(19)30(27,28)18-10-8-17(22)9-11-18/h4-11,19H,2-3,12-14H2,1H3,(H,23,25)/t19-/m1/s1. The van der Waals surface area contributed by atoms with Crippen molar-refractivity contribution in [2.24, 2.45) is 0 Å². The van der Waals surface area contributed by atoms with Crippen LogP contribution in [-0.2, 0) is 30.9 Å². The second-order valence-electron chi connectivity index (χ2n) is 7.10. The smallest absolute Gasteiger partial charge is 0.324 e. The van der Waals surface area contributed by atoms with Crippen molar-refractivity contribution in [3.63, 3.8) is 0 Å². The number of sulfonamides is 1. The SMILES string of the molecule is Cc1ccc(CNC(=O)COC(=O)[C@H]2CCCN2S(=O)(=O)c2ccc(Cl)cc2)cc1. The van der Waals surface area contributed by atoms with Crippen molar-refractivity contribution < 1.29 is 22.7 Å². The highest BCUT2D eigenvalue weighted by Gasteiger charge is 2.40. The van der Waals surface area contributed by atoms with E-state index >= 15 is 0 Å². The van der Waals surface area contributed by atoms with Crippen LogP contribution in [0.3, 0.4) is 0 Å². The molecule has 30 heavy (non-hydrogen) atoms. The van der Waals surface area contributed by atoms with Crippen molar-refractivity contribution in [1.82, 2.24) is 9.62 Å². The second kappa shape index (κ2) is 9.59. The molecular weight excluding hydrogens is 428 g/mol. The summed E-state index contributed by atoms with van der Waals surface area (Å²) in [5.74, 6) is -1.18. The number of nitrogens with zero attached hydrogens (tertiary/aromatic N) is 1. The predicted octanol–water partition coefficient (Wildman–Crippen LogP) is 2.66. The van der Waals surface area contributed by atoms with E-state index in [9.17, 15) is 18.0 Å². The molecule has 1 aliphatic rings. The number of rotatable bonds is 7. The number of hydrogen-bond acceptors (Lipinski definition) is 5. The number of amides is 1. The number of aryl methyl sites for hydroxylation is 1. The van der Waals surface area contributed by atoms with Crippen LogP contribution in [0.2, 0.25) is 5.02 Å². The van der Waals surface area contributed by atoms with Crippen molar-refractivity contribution in [2.45, 2.75) is 37.2 Å². The van der Waals surface area contributed by atoms with E-state index in [1.807, 2.05) is 31.2 Å². The molecule has 1 amide bonds. The van der Waals surface area contributed by atoms with Crippen molar-refractivity contribution >= 4 is 33.5 Å². The summed E-state index contributed by atoms with van der Waals surface area (Å²) in [6.45, 7) is 2.04. The first-order valence-corrected chi connectivity index (χ1v) is 11.4. The summed E-state index contributed by atoms with van der Waals surface area (Å²) in [6.07, 6.45) is 0.878. The van der Waals surface area contributed by atoms with Crippen molar-refractivity contribution in [3.05, 3.63) is 64.7 Å². The van der Waals surface area contributed by atoms with Crippen LogP contribution in [0.4, 0.5) is 0 Å². The molecule has 0 spiro atoms. The summed E-state index contributed by atoms with van der Waals surface area (Å²) in [5, 5.41) is 3.10. The Balaban J connectivity index is 1.55. The quantitative estimate of drug-likeness (QED) is 0.654. The fraction of sp³-hybridized carbons (Fsp3) is 0.333. The van der Waals surface area contributed by atoms with E-state index < -0.39 is 34.5 Å². The van der Waals surface area contributed by atoms with Gasteiger partial charge in [-0.3, -0.25) is 9.59 Å². The third-order valence-electron chi connectivity index (χ3n) is 4.85. The van der Waals surface area contributed by atoms with Crippen LogP contribution in [0, 0.1) is 6.92 Å². The van der Waals surface area contributed by atoms with Gasteiger partial charge in [-0.25, -0.2) is 8.42 Å². The van der Waals surface area contributed by atoms with Gasteiger partial charge in [0.1, 0.15) is 6.04 Å². The highest BCUT2D eigenvalue weighted by atomic mass is 35.5. The van der Waals surface area contributed by atoms with Gasteiger partial charge < -0.3 is 10.1 Å². The average molecular weight is 451 g/mol. The molecule has 0 unspecified atom stereocenters. The van der Waals surface area contributed by atoms with Crippen LogP contribution >= 0.6 is 11.6 Å². The highest BCUT2D eigenvalue weighted by molar-refractivity contribution is 7.89. The number of benzene rings is 2. The van der Waals surface area contributed by atoms with Crippen LogP contribution < -0.4 is 5.32 Å². The number of nitrogens with one attached hydrogen (secondary N) is 1. The lowest BCUT2D eigenvalue weighted by molar-refractivity contribution is -0.151. The van der Waals surface area contributed by atoms with Crippen LogP contribution in [0.25, 0.3) is 0 Å². The van der Waals surface area contributed by atoms with Crippen molar-refractivity contribution in [3.8, 4) is 0 Å². The van der Waals surface area contributed by atoms with Gasteiger partial charge in [0.05, 0.1) is 4.90 Å². The Hall–Kier alpha value is -2.42. The number of hydrogen-bond donors (Lipinski definition) is 1. The van der Waals surface area contributed by atoms with Crippen LogP contribution in [0.5, 0.6) is 0 Å². The fourth-order valence-corrected chi connectivity index (χ4v) is 4.97. The van der Waals surface area contributed by atoms with Gasteiger partial charge in [-0.15, -0.1) is 0 Å². The molecule has 9 heteroatoms. The van der Waals surface area contributed by atoms with E-state index in [1.165, 1.54) is 24.3 Å². The van der Waals surface area contributed by atoms with E-state index in [1.54, 1.807) is 0 Å². The summed E-state index contributed by atoms with van der Waals surface area (Å²) < 4.78 is 32.0. The zero-order chi connectivity index (χ0) is 21.7. The number of esters is 1. The molecule has 1 N–H and O–H groups in total. The van der Waals surface area contributed by atoms with E-state index in [0.29, 0.717) is 24.4 Å². The third kappa shape index (κ3) is 5.38. The monoisotopic (exact) mass is 450 g/mol. The van der Waals surface area contributed by atoms with Gasteiger partial charge >= 0.3 is 5.97 Å². The lowest BCUT2D eigenvalue weighted by Gasteiger charge is -2.22. The Morgan fingerprint density at radius 1 is 1.13 bits per heavy atom. The van der Waals surface area contributed by atoms with Gasteiger partial charge in [-0.05, 0) is 49.6 Å². The maximum atomic E-state index is 12.9. The molecule has 0 radical (unpaired) electrons. The molecule has 7 nitrogen and oxygen atoms in total. The maximum Gasteiger partial charge on any atom is 0.324 e. The highest BCUT2D eigenvalue weighted by Crippen LogP contribution is 2.27. The third-order valence-corrected chi connectivity index (χ3v) is 7.03. The average Bonchev–Trinajstić information content (AvgIpc) is 3.23. The van der Waals surface area contributed by atoms with Gasteiger partial charge in [0.25, 0.3) is 5.91 Å². The molecule has 1 atom stereocenters. The Morgan fingerprint density at radius 2 is 1.80 bits per heavy atom. The summed E-state index contributed by atoms with van der Waals surface area (Å²) in [6, 6.07) is 12.5. The Labute approximate surface area is 181 Å². The first-order valence-electron chi connectivity index (χ1n) is 9.53. The number of carbonyl (C=O) groups is 2. The minimum atomic E-state index is -3.86. The van der Waals surface area contributed by atoms with Crippen LogP contribution in [0.15, 0.2) is 53.4 Å². The van der Waals surface area contributed by atoms with E-state index in [2.05, 4.69) is 5.32 Å². The van der Waals surface area contributed by atoms with Crippen molar-refractivity contribution in [1.29, 1.82) is 0 Å².